The largest absolute Gasteiger partial charge is 0.322 e. The summed E-state index contributed by atoms with van der Waals surface area (Å²) in [5, 5.41) is 19.4. The zero-order valence-corrected chi connectivity index (χ0v) is 82.7. The van der Waals surface area contributed by atoms with Gasteiger partial charge in [-0.2, -0.15) is 51.3 Å². The first-order valence-electron chi connectivity index (χ1n) is 44.6. The number of benzene rings is 11. The summed E-state index contributed by atoms with van der Waals surface area (Å²) < 4.78 is 141. The summed E-state index contributed by atoms with van der Waals surface area (Å²) in [7, 11) is -10.1. The molecule has 16 aromatic rings. The van der Waals surface area contributed by atoms with Crippen LogP contribution in [0.3, 0.4) is 0 Å². The molecule has 0 atom stereocenters. The molecule has 142 heavy (non-hydrogen) atoms. The maximum atomic E-state index is 14.9. The molecule has 0 radical (unpaired) electrons. The summed E-state index contributed by atoms with van der Waals surface area (Å²) >= 11 is 25.8. The summed E-state index contributed by atoms with van der Waals surface area (Å²) in [6, 6.07) is 74.9. The highest BCUT2D eigenvalue weighted by Crippen LogP contribution is 2.40. The molecular formula is C103H89Cl4F2N17O12S4. The molecule has 20 rings (SSSR count). The van der Waals surface area contributed by atoms with Gasteiger partial charge < -0.3 is 21.3 Å². The third-order valence-corrected chi connectivity index (χ3v) is 32.8. The van der Waals surface area contributed by atoms with E-state index in [9.17, 15) is 61.6 Å². The van der Waals surface area contributed by atoms with Gasteiger partial charge in [-0.05, 0) is 224 Å². The number of amides is 4. The van der Waals surface area contributed by atoms with Gasteiger partial charge in [-0.25, -0.2) is 13.8 Å². The van der Waals surface area contributed by atoms with Crippen LogP contribution < -0.4 is 43.2 Å². The quantitative estimate of drug-likeness (QED) is 0.0600. The second-order valence-electron chi connectivity index (χ2n) is 33.5. The fraction of sp³-hybridized carbons (Fsp3) is 0.155. The van der Waals surface area contributed by atoms with Crippen LogP contribution >= 0.6 is 46.4 Å². The lowest BCUT2D eigenvalue weighted by molar-refractivity contribution is 0.101. The number of hydrogen-bond acceptors (Lipinski definition) is 17. The molecule has 0 bridgehead atoms. The minimum Gasteiger partial charge on any atom is -0.322 e. The third-order valence-electron chi connectivity index (χ3n) is 24.2. The van der Waals surface area contributed by atoms with Gasteiger partial charge in [0.25, 0.3) is 23.6 Å². The molecule has 29 nitrogen and oxygen atoms in total. The summed E-state index contributed by atoms with van der Waals surface area (Å²) in [4.78, 5) is 74.2. The fourth-order valence-electron chi connectivity index (χ4n) is 16.8. The first kappa shape index (κ1) is 99.5. The van der Waals surface area contributed by atoms with Gasteiger partial charge in [0.15, 0.2) is 0 Å². The number of aromatic nitrogens is 5. The van der Waals surface area contributed by atoms with Crippen molar-refractivity contribution >= 4 is 200 Å². The molecule has 39 heteroatoms. The predicted octanol–water partition coefficient (Wildman–Crippen LogP) is 20.4. The molecule has 11 aromatic carbocycles. The Balaban J connectivity index is 0.000000130. The molecule has 0 unspecified atom stereocenters. The lowest BCUT2D eigenvalue weighted by Gasteiger charge is -2.34. The van der Waals surface area contributed by atoms with Gasteiger partial charge in [0.1, 0.15) is 11.6 Å². The molecule has 4 aliphatic rings. The molecule has 0 spiro atoms. The van der Waals surface area contributed by atoms with E-state index in [2.05, 4.69) is 50.9 Å². The molecule has 724 valence electrons. The fourth-order valence-corrected chi connectivity index (χ4v) is 23.3. The van der Waals surface area contributed by atoms with E-state index in [4.69, 9.17) is 46.4 Å². The Hall–Kier alpha value is -14.1. The summed E-state index contributed by atoms with van der Waals surface area (Å²) in [5.74, 6) is -3.72. The Labute approximate surface area is 838 Å². The van der Waals surface area contributed by atoms with E-state index in [1.165, 1.54) is 84.2 Å². The molecule has 4 saturated heterocycles. The van der Waals surface area contributed by atoms with Crippen molar-refractivity contribution in [2.75, 3.05) is 112 Å². The van der Waals surface area contributed by atoms with E-state index >= 15 is 0 Å². The Morgan fingerprint density at radius 3 is 1.23 bits per heavy atom. The number of fused-ring (bicyclic) bond motifs is 4. The van der Waals surface area contributed by atoms with Crippen LogP contribution in [-0.4, -0.2) is 169 Å². The number of carbonyl (C=O) groups is 4. The van der Waals surface area contributed by atoms with Crippen LogP contribution in [0.15, 0.2) is 292 Å². The van der Waals surface area contributed by atoms with Crippen molar-refractivity contribution < 1.29 is 61.6 Å². The SMILES string of the molecule is CN1CCCN(c2ccc(C(=O)Nc3ccc(Cl)c(-c4ccc5cnccc5n4)c3)c(Cl)c2)S1(=O)=O.CN1CCCN(c2ccc(C(=O)Nc3ccc(Cl)c(-c4nccc5ccccc45)c3)c(Cl)c2)S1(=O)=O.CN1CCCN(c2ccc(C(=O)Nc3cccc(-c4nccc5ccccc45)c3)c(F)c2)S1(=O)=O.Cc1ccc(NC(=O)c2ccc(N3CCCNS3(=O)=O)cc2F)cc1-c1nccc2ccccc12. The smallest absolute Gasteiger partial charge is 0.303 e. The topological polar surface area (TPSA) is 352 Å². The Kier molecular flexibility index (Phi) is 29.7. The third kappa shape index (κ3) is 21.6. The molecular weight excluding hydrogens is 1980 g/mol. The molecule has 0 aliphatic carbocycles. The van der Waals surface area contributed by atoms with Gasteiger partial charge in [-0.1, -0.05) is 137 Å². The van der Waals surface area contributed by atoms with Crippen LogP contribution in [-0.2, 0) is 40.8 Å². The van der Waals surface area contributed by atoms with Crippen LogP contribution in [0.25, 0.3) is 88.2 Å². The second kappa shape index (κ2) is 42.4. The summed E-state index contributed by atoms with van der Waals surface area (Å²) in [5.41, 5.74) is 11.0. The van der Waals surface area contributed by atoms with E-state index in [-0.39, 0.29) is 56.8 Å². The highest BCUT2D eigenvalue weighted by atomic mass is 35.5. The lowest BCUT2D eigenvalue weighted by Crippen LogP contribution is -2.48. The van der Waals surface area contributed by atoms with Gasteiger partial charge in [-0.15, -0.1) is 0 Å². The van der Waals surface area contributed by atoms with Gasteiger partial charge in [0.2, 0.25) is 0 Å². The Bertz CT molecular complexity index is 8160. The van der Waals surface area contributed by atoms with Gasteiger partial charge in [0, 0.05) is 171 Å². The molecule has 4 aliphatic heterocycles. The average molecular weight is 2070 g/mol. The number of aryl methyl sites for hydroxylation is 1. The minimum absolute atomic E-state index is 0.146. The Morgan fingerprint density at radius 1 is 0.352 bits per heavy atom. The lowest BCUT2D eigenvalue weighted by atomic mass is 9.99. The second-order valence-corrected chi connectivity index (χ2v) is 42.7. The molecule has 4 fully saturated rings. The van der Waals surface area contributed by atoms with Crippen LogP contribution in [0.5, 0.6) is 0 Å². The zero-order valence-electron chi connectivity index (χ0n) is 76.4. The average Bonchev–Trinajstić information content (AvgIpc) is 0.794. The summed E-state index contributed by atoms with van der Waals surface area (Å²) in [6.07, 6.45) is 11.2. The molecule has 5 aromatic heterocycles. The maximum Gasteiger partial charge on any atom is 0.303 e. The van der Waals surface area contributed by atoms with Gasteiger partial charge in [-0.3, -0.25) is 56.3 Å². The van der Waals surface area contributed by atoms with Crippen LogP contribution in [0.2, 0.25) is 20.1 Å². The first-order chi connectivity index (χ1) is 68.2. The van der Waals surface area contributed by atoms with E-state index < -0.39 is 76.1 Å². The summed E-state index contributed by atoms with van der Waals surface area (Å²) in [6.45, 7) is 4.84. The van der Waals surface area contributed by atoms with Crippen LogP contribution in [0, 0.1) is 18.6 Å². The molecule has 0 saturated carbocycles. The number of nitrogens with zero attached hydrogens (tertiary/aromatic N) is 12. The highest BCUT2D eigenvalue weighted by molar-refractivity contribution is 7.91. The first-order valence-corrected chi connectivity index (χ1v) is 51.8. The van der Waals surface area contributed by atoms with Crippen molar-refractivity contribution in [1.29, 1.82) is 0 Å². The number of pyridine rings is 5. The van der Waals surface area contributed by atoms with Gasteiger partial charge in [0.05, 0.1) is 93.4 Å². The van der Waals surface area contributed by atoms with E-state index in [0.29, 0.717) is 132 Å². The van der Waals surface area contributed by atoms with Crippen LogP contribution in [0.1, 0.15) is 72.7 Å². The van der Waals surface area contributed by atoms with Gasteiger partial charge >= 0.3 is 40.8 Å². The molecule has 4 amide bonds. The maximum absolute atomic E-state index is 14.9. The number of carbonyl (C=O) groups excluding carboxylic acids is 4. The van der Waals surface area contributed by atoms with Crippen LogP contribution in [0.4, 0.5) is 54.3 Å². The highest BCUT2D eigenvalue weighted by Gasteiger charge is 2.36. The van der Waals surface area contributed by atoms with Crippen molar-refractivity contribution in [2.45, 2.75) is 32.6 Å². The standard InChI is InChI=1S/C26H22Cl2N4O3S.2C26H23FN4O3S.C25H21Cl2N5O3S/c1-31-13-4-14-32(36(31,34)35)19-8-9-21(24(28)16-19)26(33)30-18-7-10-23(27)22(15-18)25-20-6-3-2-5-17(20)11-12-29-25;1-30-14-5-15-31(35(30,33)34)21-10-11-23(24(27)17-21)26(32)29-20-8-4-7-19(16-20)25-22-9-3-2-6-18(22)12-13-28-25;1-17-7-8-19(15-23(17)25-21-6-3-2-5-18(21)11-13-28-25)30-26(32)22-10-9-20(16-24(22)27)31-14-4-12-29-35(31,33)34;1-31-11-2-12-32(36(31,34)35)18-5-6-19(22(27)14-18)25(33)29-17-4-7-21(26)20(13-17)24-8-3-16-15-28-10-9-23(16)30-24/h2-3,5-12,15-16H,4,13-14H2,1H3,(H,30,33);2-4,6-13,16-17H,5,14-15H2,1H3,(H,29,32);2-3,5-11,13,15-16,29H,4,12,14H2,1H3,(H,30,32);3-10,13-15H,2,11-12H2,1H3,(H,29,33). The van der Waals surface area contributed by atoms with Crippen molar-refractivity contribution in [1.82, 2.24) is 42.6 Å². The minimum atomic E-state index is -3.72. The van der Waals surface area contributed by atoms with E-state index in [1.54, 1.807) is 111 Å². The van der Waals surface area contributed by atoms with Crippen molar-refractivity contribution in [3.63, 3.8) is 0 Å². The monoisotopic (exact) mass is 2060 g/mol. The van der Waals surface area contributed by atoms with Crippen molar-refractivity contribution in [3.8, 4) is 45.0 Å². The number of anilines is 8. The normalized spacial score (nSPS) is 15.6. The predicted molar refractivity (Wildman–Crippen MR) is 558 cm³/mol. The number of hydrogen-bond donors (Lipinski definition) is 5. The van der Waals surface area contributed by atoms with E-state index in [0.717, 1.165) is 92.0 Å². The van der Waals surface area contributed by atoms with Crippen molar-refractivity contribution in [2.24, 2.45) is 0 Å². The zero-order chi connectivity index (χ0) is 100. The molecule has 5 N–H and O–H groups in total. The van der Waals surface area contributed by atoms with Crippen molar-refractivity contribution in [3.05, 3.63) is 351 Å². The van der Waals surface area contributed by atoms with E-state index in [1.807, 2.05) is 134 Å². The Morgan fingerprint density at radius 2 is 0.754 bits per heavy atom. The number of halogens is 6. The number of nitrogens with one attached hydrogen (secondary N) is 5. The number of rotatable bonds is 16. The molecule has 9 heterocycles.